The maximum atomic E-state index is 12.1. The lowest BCUT2D eigenvalue weighted by Crippen LogP contribution is -2.47. The van der Waals surface area contributed by atoms with Crippen molar-refractivity contribution < 1.29 is 14.7 Å². The molecule has 0 bridgehead atoms. The normalized spacial score (nSPS) is 28.4. The molecule has 2 unspecified atom stereocenters. The van der Waals surface area contributed by atoms with Crippen molar-refractivity contribution in [1.82, 2.24) is 10.2 Å². The van der Waals surface area contributed by atoms with Crippen LogP contribution in [-0.2, 0) is 4.79 Å². The van der Waals surface area contributed by atoms with Gasteiger partial charge in [-0.2, -0.15) is 0 Å². The van der Waals surface area contributed by atoms with E-state index >= 15 is 0 Å². The summed E-state index contributed by atoms with van der Waals surface area (Å²) >= 11 is 0. The zero-order chi connectivity index (χ0) is 13.8. The second-order valence-electron chi connectivity index (χ2n) is 6.09. The summed E-state index contributed by atoms with van der Waals surface area (Å²) in [6.07, 6.45) is 5.21. The van der Waals surface area contributed by atoms with Crippen molar-refractivity contribution in [2.45, 2.75) is 51.5 Å². The van der Waals surface area contributed by atoms with Gasteiger partial charge in [0.25, 0.3) is 0 Å². The average Bonchev–Trinajstić information content (AvgIpc) is 2.75. The van der Waals surface area contributed by atoms with E-state index in [2.05, 4.69) is 12.2 Å². The van der Waals surface area contributed by atoms with Crippen LogP contribution in [0.25, 0.3) is 0 Å². The highest BCUT2D eigenvalue weighted by atomic mass is 16.4. The third kappa shape index (κ3) is 4.11. The second kappa shape index (κ2) is 6.26. The molecule has 2 amide bonds. The van der Waals surface area contributed by atoms with Crippen molar-refractivity contribution in [2.24, 2.45) is 11.8 Å². The number of carbonyl (C=O) groups excluding carboxylic acids is 1. The first-order chi connectivity index (χ1) is 9.04. The molecule has 19 heavy (non-hydrogen) atoms. The summed E-state index contributed by atoms with van der Waals surface area (Å²) in [6.45, 7) is 3.60. The molecule has 5 nitrogen and oxygen atoms in total. The third-order valence-electron chi connectivity index (χ3n) is 4.39. The molecule has 5 heteroatoms. The molecule has 1 heterocycles. The van der Waals surface area contributed by atoms with Crippen LogP contribution in [0.15, 0.2) is 0 Å². The Morgan fingerprint density at radius 2 is 1.89 bits per heavy atom. The first-order valence-corrected chi connectivity index (χ1v) is 7.32. The molecule has 1 aliphatic carbocycles. The minimum absolute atomic E-state index is 0.0351. The van der Waals surface area contributed by atoms with Crippen molar-refractivity contribution in [3.05, 3.63) is 0 Å². The SMILES string of the molecule is CC1CCC(NC(=O)N2CCC(CC(=O)O)CC2)C1. The van der Waals surface area contributed by atoms with Crippen LogP contribution in [-0.4, -0.2) is 41.1 Å². The van der Waals surface area contributed by atoms with Crippen molar-refractivity contribution >= 4 is 12.0 Å². The Morgan fingerprint density at radius 3 is 2.42 bits per heavy atom. The summed E-state index contributed by atoms with van der Waals surface area (Å²) in [5.74, 6) is 0.211. The fourth-order valence-electron chi connectivity index (χ4n) is 3.19. The number of aliphatic carboxylic acids is 1. The summed E-state index contributed by atoms with van der Waals surface area (Å²) < 4.78 is 0. The maximum absolute atomic E-state index is 12.1. The molecule has 0 aromatic rings. The van der Waals surface area contributed by atoms with Crippen molar-refractivity contribution in [2.75, 3.05) is 13.1 Å². The molecule has 2 fully saturated rings. The molecular weight excluding hydrogens is 244 g/mol. The molecule has 0 aromatic carbocycles. The first-order valence-electron chi connectivity index (χ1n) is 7.32. The van der Waals surface area contributed by atoms with E-state index in [9.17, 15) is 9.59 Å². The van der Waals surface area contributed by atoms with Gasteiger partial charge in [0.15, 0.2) is 0 Å². The molecule has 0 aromatic heterocycles. The van der Waals surface area contributed by atoms with Gasteiger partial charge in [-0.1, -0.05) is 6.92 Å². The van der Waals surface area contributed by atoms with E-state index in [4.69, 9.17) is 5.11 Å². The van der Waals surface area contributed by atoms with Gasteiger partial charge in [-0.15, -0.1) is 0 Å². The number of carbonyl (C=O) groups is 2. The molecule has 2 rings (SSSR count). The number of nitrogens with one attached hydrogen (secondary N) is 1. The van der Waals surface area contributed by atoms with Gasteiger partial charge in [0, 0.05) is 25.6 Å². The summed E-state index contributed by atoms with van der Waals surface area (Å²) in [5, 5.41) is 11.9. The Kier molecular flexibility index (Phi) is 4.66. The van der Waals surface area contributed by atoms with Crippen molar-refractivity contribution in [3.8, 4) is 0 Å². The molecular formula is C14H24N2O3. The first kappa shape index (κ1) is 14.2. The van der Waals surface area contributed by atoms with Gasteiger partial charge in [-0.25, -0.2) is 4.79 Å². The summed E-state index contributed by atoms with van der Waals surface area (Å²) in [7, 11) is 0. The molecule has 1 saturated carbocycles. The van der Waals surface area contributed by atoms with Crippen LogP contribution in [0.2, 0.25) is 0 Å². The molecule has 0 radical (unpaired) electrons. The Morgan fingerprint density at radius 1 is 1.21 bits per heavy atom. The van der Waals surface area contributed by atoms with Crippen LogP contribution in [0, 0.1) is 11.8 Å². The Balaban J connectivity index is 1.71. The van der Waals surface area contributed by atoms with Gasteiger partial charge in [-0.05, 0) is 43.9 Å². The molecule has 1 saturated heterocycles. The van der Waals surface area contributed by atoms with E-state index in [0.29, 0.717) is 25.0 Å². The van der Waals surface area contributed by atoms with Crippen LogP contribution in [0.4, 0.5) is 4.79 Å². The van der Waals surface area contributed by atoms with Gasteiger partial charge in [0.05, 0.1) is 0 Å². The van der Waals surface area contributed by atoms with Crippen LogP contribution in [0.1, 0.15) is 45.4 Å². The fourth-order valence-corrected chi connectivity index (χ4v) is 3.19. The molecule has 1 aliphatic heterocycles. The fraction of sp³-hybridized carbons (Fsp3) is 0.857. The van der Waals surface area contributed by atoms with E-state index in [1.807, 2.05) is 4.90 Å². The Bertz CT molecular complexity index is 338. The molecule has 2 aliphatic rings. The molecule has 2 N–H and O–H groups in total. The van der Waals surface area contributed by atoms with Gasteiger partial charge in [-0.3, -0.25) is 4.79 Å². The smallest absolute Gasteiger partial charge is 0.317 e. The second-order valence-corrected chi connectivity index (χ2v) is 6.09. The minimum atomic E-state index is -0.733. The highest BCUT2D eigenvalue weighted by molar-refractivity contribution is 5.74. The quantitative estimate of drug-likeness (QED) is 0.823. The maximum Gasteiger partial charge on any atom is 0.317 e. The van der Waals surface area contributed by atoms with Gasteiger partial charge < -0.3 is 15.3 Å². The largest absolute Gasteiger partial charge is 0.481 e. The van der Waals surface area contributed by atoms with Gasteiger partial charge in [0.1, 0.15) is 0 Å². The zero-order valence-electron chi connectivity index (χ0n) is 11.6. The van der Waals surface area contributed by atoms with Crippen LogP contribution >= 0.6 is 0 Å². The zero-order valence-corrected chi connectivity index (χ0v) is 11.6. The number of hydrogen-bond donors (Lipinski definition) is 2. The number of carboxylic acids is 1. The lowest BCUT2D eigenvalue weighted by Gasteiger charge is -2.32. The van der Waals surface area contributed by atoms with E-state index in [1.54, 1.807) is 0 Å². The Labute approximate surface area is 114 Å². The topological polar surface area (TPSA) is 69.6 Å². The number of urea groups is 1. The van der Waals surface area contributed by atoms with E-state index in [0.717, 1.165) is 25.7 Å². The number of carboxylic acid groups (broad SMARTS) is 1. The van der Waals surface area contributed by atoms with Crippen LogP contribution in [0.3, 0.4) is 0 Å². The van der Waals surface area contributed by atoms with Gasteiger partial charge >= 0.3 is 12.0 Å². The van der Waals surface area contributed by atoms with Crippen LogP contribution in [0.5, 0.6) is 0 Å². The minimum Gasteiger partial charge on any atom is -0.481 e. The number of rotatable bonds is 3. The number of hydrogen-bond acceptors (Lipinski definition) is 2. The highest BCUT2D eigenvalue weighted by Gasteiger charge is 2.27. The van der Waals surface area contributed by atoms with E-state index in [1.165, 1.54) is 6.42 Å². The monoisotopic (exact) mass is 268 g/mol. The lowest BCUT2D eigenvalue weighted by molar-refractivity contribution is -0.138. The predicted molar refractivity (Wildman–Crippen MR) is 71.9 cm³/mol. The third-order valence-corrected chi connectivity index (χ3v) is 4.39. The number of likely N-dealkylation sites (tertiary alicyclic amines) is 1. The van der Waals surface area contributed by atoms with E-state index in [-0.39, 0.29) is 18.4 Å². The number of piperidine rings is 1. The van der Waals surface area contributed by atoms with E-state index < -0.39 is 5.97 Å². The van der Waals surface area contributed by atoms with Crippen molar-refractivity contribution in [3.63, 3.8) is 0 Å². The lowest BCUT2D eigenvalue weighted by atomic mass is 9.94. The summed E-state index contributed by atoms with van der Waals surface area (Å²) in [4.78, 5) is 24.6. The van der Waals surface area contributed by atoms with Gasteiger partial charge in [0.2, 0.25) is 0 Å². The predicted octanol–water partition coefficient (Wildman–Crippen LogP) is 2.07. The number of amides is 2. The number of nitrogens with zero attached hydrogens (tertiary/aromatic N) is 1. The Hall–Kier alpha value is -1.26. The molecule has 108 valence electrons. The highest BCUT2D eigenvalue weighted by Crippen LogP contribution is 2.25. The summed E-state index contributed by atoms with van der Waals surface area (Å²) in [5.41, 5.74) is 0. The summed E-state index contributed by atoms with van der Waals surface area (Å²) in [6, 6.07) is 0.368. The average molecular weight is 268 g/mol. The van der Waals surface area contributed by atoms with Crippen LogP contribution < -0.4 is 5.32 Å². The molecule has 2 atom stereocenters. The van der Waals surface area contributed by atoms with Crippen molar-refractivity contribution in [1.29, 1.82) is 0 Å². The standard InChI is InChI=1S/C14H24N2O3/c1-10-2-3-12(8-10)15-14(19)16-6-4-11(5-7-16)9-13(17)18/h10-12H,2-9H2,1H3,(H,15,19)(H,17,18). The molecule has 0 spiro atoms.